The van der Waals surface area contributed by atoms with E-state index < -0.39 is 0 Å². The van der Waals surface area contributed by atoms with Crippen molar-refractivity contribution in [2.24, 2.45) is 0 Å². The summed E-state index contributed by atoms with van der Waals surface area (Å²) in [6, 6.07) is 0. The van der Waals surface area contributed by atoms with E-state index in [0.717, 1.165) is 0 Å². The number of rotatable bonds is 2. The fourth-order valence-corrected chi connectivity index (χ4v) is 0.164. The van der Waals surface area contributed by atoms with Gasteiger partial charge in [0.05, 0.1) is 0 Å². The summed E-state index contributed by atoms with van der Waals surface area (Å²) >= 11 is 0. The van der Waals surface area contributed by atoms with Crippen LogP contribution in [0, 0.1) is 0 Å². The van der Waals surface area contributed by atoms with Crippen molar-refractivity contribution < 1.29 is 0 Å². The van der Waals surface area contributed by atoms with Gasteiger partial charge in [-0.25, -0.2) is 0 Å². The Morgan fingerprint density at radius 3 is 1.33 bits per heavy atom. The van der Waals surface area contributed by atoms with Gasteiger partial charge in [0.2, 0.25) is 0 Å². The molecule has 76 valence electrons. The first-order valence-corrected chi connectivity index (χ1v) is 4.86. The standard InChI is InChI=1S/C5H9N.3C2H6/c1-3-4-5-6-2;3*1-2/h3-6H,1H2,2H3;3*1-2H3/b5-4-;;;. The molecular formula is C11H27N. The van der Waals surface area contributed by atoms with Crippen LogP contribution in [0.15, 0.2) is 24.9 Å². The molecule has 0 amide bonds. The van der Waals surface area contributed by atoms with E-state index in [1.54, 1.807) is 6.08 Å². The minimum absolute atomic E-state index is 1.72. The molecule has 0 atom stereocenters. The highest BCUT2D eigenvalue weighted by atomic mass is 14.8. The molecular weight excluding hydrogens is 146 g/mol. The zero-order chi connectivity index (χ0) is 10.8. The van der Waals surface area contributed by atoms with Crippen molar-refractivity contribution in [3.63, 3.8) is 0 Å². The second-order valence-corrected chi connectivity index (χ2v) is 0.883. The van der Waals surface area contributed by atoms with Gasteiger partial charge >= 0.3 is 0 Å². The van der Waals surface area contributed by atoms with Gasteiger partial charge in [0.1, 0.15) is 0 Å². The summed E-state index contributed by atoms with van der Waals surface area (Å²) in [7, 11) is 1.85. The predicted molar refractivity (Wildman–Crippen MR) is 62.4 cm³/mol. The van der Waals surface area contributed by atoms with E-state index in [2.05, 4.69) is 11.9 Å². The molecule has 0 aromatic rings. The lowest BCUT2D eigenvalue weighted by Crippen LogP contribution is -1.89. The molecule has 0 unspecified atom stereocenters. The second kappa shape index (κ2) is 82.3. The predicted octanol–water partition coefficient (Wildman–Crippen LogP) is 3.98. The van der Waals surface area contributed by atoms with Gasteiger partial charge in [-0.05, 0) is 12.3 Å². The molecule has 1 heteroatoms. The van der Waals surface area contributed by atoms with Crippen LogP contribution in [0.2, 0.25) is 0 Å². The highest BCUT2D eigenvalue weighted by Gasteiger charge is 1.50. The third-order valence-electron chi connectivity index (χ3n) is 0.399. The van der Waals surface area contributed by atoms with E-state index in [4.69, 9.17) is 0 Å². The van der Waals surface area contributed by atoms with E-state index in [-0.39, 0.29) is 0 Å². The molecule has 0 bridgehead atoms. The molecule has 0 saturated carbocycles. The summed E-state index contributed by atoms with van der Waals surface area (Å²) in [5.41, 5.74) is 0. The van der Waals surface area contributed by atoms with Crippen LogP contribution in [0.5, 0.6) is 0 Å². The fraction of sp³-hybridized carbons (Fsp3) is 0.636. The molecule has 1 N–H and O–H groups in total. The summed E-state index contributed by atoms with van der Waals surface area (Å²) < 4.78 is 0. The summed E-state index contributed by atoms with van der Waals surface area (Å²) in [5.74, 6) is 0. The van der Waals surface area contributed by atoms with Crippen LogP contribution in [-0.4, -0.2) is 7.05 Å². The molecule has 1 nitrogen and oxygen atoms in total. The molecule has 12 heavy (non-hydrogen) atoms. The normalized spacial score (nSPS) is 5.92. The maximum absolute atomic E-state index is 3.47. The van der Waals surface area contributed by atoms with Gasteiger partial charge in [-0.1, -0.05) is 54.2 Å². The number of allylic oxidation sites excluding steroid dienone is 2. The zero-order valence-corrected chi connectivity index (χ0v) is 9.94. The van der Waals surface area contributed by atoms with Crippen molar-refractivity contribution in [2.45, 2.75) is 41.5 Å². The Labute approximate surface area is 79.6 Å². The average molecular weight is 173 g/mol. The zero-order valence-electron chi connectivity index (χ0n) is 9.94. The quantitative estimate of drug-likeness (QED) is 0.623. The van der Waals surface area contributed by atoms with Gasteiger partial charge in [-0.15, -0.1) is 0 Å². The minimum atomic E-state index is 1.72. The Bertz CT molecular complexity index is 56.0. The van der Waals surface area contributed by atoms with Gasteiger partial charge in [0, 0.05) is 7.05 Å². The number of hydrogen-bond donors (Lipinski definition) is 1. The Morgan fingerprint density at radius 1 is 0.917 bits per heavy atom. The summed E-state index contributed by atoms with van der Waals surface area (Å²) in [6.07, 6.45) is 5.36. The molecule has 0 aliphatic rings. The van der Waals surface area contributed by atoms with E-state index in [1.807, 2.05) is 60.9 Å². The van der Waals surface area contributed by atoms with Gasteiger partial charge in [-0.3, -0.25) is 0 Å². The Balaban J connectivity index is -0.0000000453. The molecule has 0 fully saturated rings. The highest BCUT2D eigenvalue weighted by molar-refractivity contribution is 4.94. The van der Waals surface area contributed by atoms with Crippen LogP contribution >= 0.6 is 0 Å². The van der Waals surface area contributed by atoms with Gasteiger partial charge in [-0.2, -0.15) is 0 Å². The topological polar surface area (TPSA) is 12.0 Å². The molecule has 0 aromatic carbocycles. The lowest BCUT2D eigenvalue weighted by molar-refractivity contribution is 1.10. The van der Waals surface area contributed by atoms with Crippen LogP contribution < -0.4 is 5.32 Å². The van der Waals surface area contributed by atoms with E-state index in [1.165, 1.54) is 0 Å². The maximum atomic E-state index is 3.47. The summed E-state index contributed by atoms with van der Waals surface area (Å²) in [6.45, 7) is 15.5. The lowest BCUT2D eigenvalue weighted by Gasteiger charge is -1.76. The number of nitrogens with one attached hydrogen (secondary N) is 1. The third-order valence-corrected chi connectivity index (χ3v) is 0.399. The fourth-order valence-electron chi connectivity index (χ4n) is 0.164. The third kappa shape index (κ3) is 122. The van der Waals surface area contributed by atoms with Crippen LogP contribution in [0.3, 0.4) is 0 Å². The van der Waals surface area contributed by atoms with Crippen molar-refractivity contribution in [2.75, 3.05) is 7.05 Å². The van der Waals surface area contributed by atoms with E-state index in [9.17, 15) is 0 Å². The van der Waals surface area contributed by atoms with Crippen LogP contribution in [-0.2, 0) is 0 Å². The Hall–Kier alpha value is -0.720. The summed E-state index contributed by atoms with van der Waals surface area (Å²) in [5, 5.41) is 2.82. The molecule has 0 rings (SSSR count). The van der Waals surface area contributed by atoms with Gasteiger partial charge < -0.3 is 5.32 Å². The Kier molecular flexibility index (Phi) is 154. The van der Waals surface area contributed by atoms with Crippen LogP contribution in [0.4, 0.5) is 0 Å². The van der Waals surface area contributed by atoms with E-state index >= 15 is 0 Å². The van der Waals surface area contributed by atoms with Gasteiger partial charge in [0.25, 0.3) is 0 Å². The molecule has 0 spiro atoms. The number of hydrogen-bond acceptors (Lipinski definition) is 1. The SMILES string of the molecule is C=C/C=C\NC.CC.CC.CC. The molecule has 0 aliphatic heterocycles. The van der Waals surface area contributed by atoms with Crippen LogP contribution in [0.25, 0.3) is 0 Å². The molecule has 0 aliphatic carbocycles. The van der Waals surface area contributed by atoms with Crippen LogP contribution in [0.1, 0.15) is 41.5 Å². The largest absolute Gasteiger partial charge is 0.394 e. The van der Waals surface area contributed by atoms with E-state index in [0.29, 0.717) is 0 Å². The minimum Gasteiger partial charge on any atom is -0.394 e. The van der Waals surface area contributed by atoms with Crippen molar-refractivity contribution >= 4 is 0 Å². The second-order valence-electron chi connectivity index (χ2n) is 0.883. The first kappa shape index (κ1) is 22.5. The summed E-state index contributed by atoms with van der Waals surface area (Å²) in [4.78, 5) is 0. The van der Waals surface area contributed by atoms with Crippen molar-refractivity contribution in [3.8, 4) is 0 Å². The first-order valence-electron chi connectivity index (χ1n) is 4.86. The molecule has 0 saturated heterocycles. The highest BCUT2D eigenvalue weighted by Crippen LogP contribution is 1.61. The van der Waals surface area contributed by atoms with Gasteiger partial charge in [0.15, 0.2) is 0 Å². The maximum Gasteiger partial charge on any atom is 0.00277 e. The van der Waals surface area contributed by atoms with Crippen molar-refractivity contribution in [3.05, 3.63) is 24.9 Å². The molecule has 0 aromatic heterocycles. The Morgan fingerprint density at radius 2 is 1.25 bits per heavy atom. The monoisotopic (exact) mass is 173 g/mol. The van der Waals surface area contributed by atoms with Crippen molar-refractivity contribution in [1.29, 1.82) is 0 Å². The smallest absolute Gasteiger partial charge is 0.00277 e. The first-order chi connectivity index (χ1) is 5.91. The molecule has 0 heterocycles. The average Bonchev–Trinajstić information content (AvgIpc) is 2.24. The lowest BCUT2D eigenvalue weighted by atomic mass is 10.6. The molecule has 0 radical (unpaired) electrons. The van der Waals surface area contributed by atoms with Crippen molar-refractivity contribution in [1.82, 2.24) is 5.32 Å².